The average molecular weight is 307 g/mol. The lowest BCUT2D eigenvalue weighted by atomic mass is 10.1. The Morgan fingerprint density at radius 3 is 2.53 bits per heavy atom. The number of aromatic nitrogens is 2. The summed E-state index contributed by atoms with van der Waals surface area (Å²) in [5.74, 6) is -0.0240. The smallest absolute Gasteiger partial charge is 0.258 e. The van der Waals surface area contributed by atoms with Gasteiger partial charge in [0.25, 0.3) is 5.91 Å². The minimum Gasteiger partial charge on any atom is -0.338 e. The molecule has 0 bridgehead atoms. The fourth-order valence-electron chi connectivity index (χ4n) is 2.27. The maximum absolute atomic E-state index is 12.4. The van der Waals surface area contributed by atoms with Crippen molar-refractivity contribution in [2.75, 3.05) is 13.1 Å². The molecular weight excluding hydrogens is 287 g/mol. The molecule has 1 aliphatic heterocycles. The van der Waals surface area contributed by atoms with Crippen LogP contribution in [-0.4, -0.2) is 39.7 Å². The monoisotopic (exact) mass is 306 g/mol. The van der Waals surface area contributed by atoms with Gasteiger partial charge in [0.1, 0.15) is 5.15 Å². The third kappa shape index (κ3) is 3.22. The highest BCUT2D eigenvalue weighted by atomic mass is 35.5. The molecule has 7 heteroatoms. The van der Waals surface area contributed by atoms with E-state index in [0.29, 0.717) is 36.0 Å². The van der Waals surface area contributed by atoms with Crippen molar-refractivity contribution in [2.24, 2.45) is 5.73 Å². The number of amides is 1. The van der Waals surface area contributed by atoms with Crippen LogP contribution in [0.3, 0.4) is 0 Å². The number of likely N-dealkylation sites (tertiary alicyclic amines) is 1. The number of carbonyl (C=O) groups excluding carboxylic acids is 1. The van der Waals surface area contributed by atoms with E-state index in [1.54, 1.807) is 4.68 Å². The maximum Gasteiger partial charge on any atom is 0.258 e. The molecule has 1 aromatic heterocycles. The molecule has 2 rings (SSSR count). The topological polar surface area (TPSA) is 64.2 Å². The van der Waals surface area contributed by atoms with Crippen LogP contribution in [0.15, 0.2) is 0 Å². The average Bonchev–Trinajstić information content (AvgIpc) is 2.64. The van der Waals surface area contributed by atoms with Crippen molar-refractivity contribution in [1.82, 2.24) is 14.7 Å². The highest BCUT2D eigenvalue weighted by Crippen LogP contribution is 2.23. The number of carbonyl (C=O) groups is 1. The van der Waals surface area contributed by atoms with Crippen LogP contribution in [0.25, 0.3) is 0 Å². The number of rotatable bonds is 2. The minimum absolute atomic E-state index is 0. The summed E-state index contributed by atoms with van der Waals surface area (Å²) in [6.45, 7) is 5.84. The minimum atomic E-state index is -0.0240. The van der Waals surface area contributed by atoms with Crippen molar-refractivity contribution >= 4 is 29.9 Å². The van der Waals surface area contributed by atoms with Crippen LogP contribution in [0.2, 0.25) is 5.15 Å². The van der Waals surface area contributed by atoms with Gasteiger partial charge >= 0.3 is 0 Å². The third-order valence-electron chi connectivity index (χ3n) is 3.41. The lowest BCUT2D eigenvalue weighted by molar-refractivity contribution is 0.0714. The van der Waals surface area contributed by atoms with Gasteiger partial charge in [0.05, 0.1) is 11.3 Å². The Kier molecular flexibility index (Phi) is 5.64. The Labute approximate surface area is 124 Å². The summed E-state index contributed by atoms with van der Waals surface area (Å²) in [5.41, 5.74) is 7.07. The number of halogens is 2. The van der Waals surface area contributed by atoms with Gasteiger partial charge < -0.3 is 10.6 Å². The molecule has 0 aromatic carbocycles. The summed E-state index contributed by atoms with van der Waals surface area (Å²) >= 11 is 6.20. The van der Waals surface area contributed by atoms with E-state index in [0.717, 1.165) is 12.8 Å². The SMILES string of the molecule is CCn1nc(C)c(C(=O)N2CCC(N)CC2)c1Cl.Cl. The Bertz CT molecular complexity index is 453. The number of nitrogens with two attached hydrogens (primary N) is 1. The molecule has 1 fully saturated rings. The second kappa shape index (κ2) is 6.59. The van der Waals surface area contributed by atoms with Crippen LogP contribution in [0, 0.1) is 6.92 Å². The molecule has 0 atom stereocenters. The Hall–Kier alpha value is -0.780. The lowest BCUT2D eigenvalue weighted by Gasteiger charge is -2.30. The van der Waals surface area contributed by atoms with Gasteiger partial charge in [0.15, 0.2) is 0 Å². The molecule has 108 valence electrons. The van der Waals surface area contributed by atoms with Crippen LogP contribution in [0.5, 0.6) is 0 Å². The van der Waals surface area contributed by atoms with Crippen LogP contribution >= 0.6 is 24.0 Å². The Balaban J connectivity index is 0.00000180. The molecule has 1 amide bonds. The van der Waals surface area contributed by atoms with Gasteiger partial charge in [0.2, 0.25) is 0 Å². The molecular formula is C12H20Cl2N4O. The van der Waals surface area contributed by atoms with Crippen molar-refractivity contribution in [1.29, 1.82) is 0 Å². The molecule has 1 saturated heterocycles. The molecule has 0 radical (unpaired) electrons. The molecule has 0 spiro atoms. The standard InChI is InChI=1S/C12H19ClN4O.ClH/c1-3-17-11(13)10(8(2)15-17)12(18)16-6-4-9(14)5-7-16;/h9H,3-7,14H2,1-2H3;1H. The first-order valence-corrected chi connectivity index (χ1v) is 6.70. The Morgan fingerprint density at radius 2 is 2.05 bits per heavy atom. The summed E-state index contributed by atoms with van der Waals surface area (Å²) in [4.78, 5) is 14.2. The van der Waals surface area contributed by atoms with E-state index in [1.165, 1.54) is 0 Å². The first-order chi connectivity index (χ1) is 8.54. The highest BCUT2D eigenvalue weighted by molar-refractivity contribution is 6.33. The normalized spacial score (nSPS) is 16.3. The van der Waals surface area contributed by atoms with Gasteiger partial charge in [-0.2, -0.15) is 5.10 Å². The molecule has 19 heavy (non-hydrogen) atoms. The number of hydrogen-bond acceptors (Lipinski definition) is 3. The summed E-state index contributed by atoms with van der Waals surface area (Å²) in [7, 11) is 0. The molecule has 0 unspecified atom stereocenters. The van der Waals surface area contributed by atoms with E-state index >= 15 is 0 Å². The zero-order chi connectivity index (χ0) is 13.3. The van der Waals surface area contributed by atoms with Crippen LogP contribution in [0.4, 0.5) is 0 Å². The van der Waals surface area contributed by atoms with Crippen molar-refractivity contribution in [3.63, 3.8) is 0 Å². The summed E-state index contributed by atoms with van der Waals surface area (Å²) in [5, 5.41) is 4.71. The second-order valence-corrected chi connectivity index (χ2v) is 5.05. The zero-order valence-corrected chi connectivity index (χ0v) is 12.8. The van der Waals surface area contributed by atoms with Gasteiger partial charge in [-0.05, 0) is 26.7 Å². The molecule has 2 N–H and O–H groups in total. The lowest BCUT2D eigenvalue weighted by Crippen LogP contribution is -2.43. The number of piperidine rings is 1. The van der Waals surface area contributed by atoms with Crippen molar-refractivity contribution in [3.8, 4) is 0 Å². The molecule has 5 nitrogen and oxygen atoms in total. The van der Waals surface area contributed by atoms with Crippen LogP contribution in [0.1, 0.15) is 35.8 Å². The quantitative estimate of drug-likeness (QED) is 0.907. The maximum atomic E-state index is 12.4. The number of hydrogen-bond donors (Lipinski definition) is 1. The predicted molar refractivity (Wildman–Crippen MR) is 78.0 cm³/mol. The van der Waals surface area contributed by atoms with E-state index in [-0.39, 0.29) is 24.4 Å². The summed E-state index contributed by atoms with van der Waals surface area (Å²) in [6, 6.07) is 0.212. The van der Waals surface area contributed by atoms with E-state index in [4.69, 9.17) is 17.3 Å². The fraction of sp³-hybridized carbons (Fsp3) is 0.667. The first kappa shape index (κ1) is 16.3. The van der Waals surface area contributed by atoms with Gasteiger partial charge in [-0.25, -0.2) is 0 Å². The van der Waals surface area contributed by atoms with E-state index in [2.05, 4.69) is 5.10 Å². The molecule has 1 aromatic rings. The fourth-order valence-corrected chi connectivity index (χ4v) is 2.64. The van der Waals surface area contributed by atoms with Gasteiger partial charge in [0, 0.05) is 25.7 Å². The molecule has 0 saturated carbocycles. The highest BCUT2D eigenvalue weighted by Gasteiger charge is 2.27. The molecule has 0 aliphatic carbocycles. The number of nitrogens with zero attached hydrogens (tertiary/aromatic N) is 3. The van der Waals surface area contributed by atoms with E-state index in [9.17, 15) is 4.79 Å². The Morgan fingerprint density at radius 1 is 1.47 bits per heavy atom. The molecule has 1 aliphatic rings. The largest absolute Gasteiger partial charge is 0.338 e. The zero-order valence-electron chi connectivity index (χ0n) is 11.2. The summed E-state index contributed by atoms with van der Waals surface area (Å²) < 4.78 is 1.65. The molecule has 2 heterocycles. The predicted octanol–water partition coefficient (Wildman–Crippen LogP) is 1.85. The first-order valence-electron chi connectivity index (χ1n) is 6.32. The number of aryl methyl sites for hydroxylation is 2. The van der Waals surface area contributed by atoms with Gasteiger partial charge in [-0.15, -0.1) is 12.4 Å². The third-order valence-corrected chi connectivity index (χ3v) is 3.79. The van der Waals surface area contributed by atoms with E-state index < -0.39 is 0 Å². The van der Waals surface area contributed by atoms with Crippen molar-refractivity contribution < 1.29 is 4.79 Å². The van der Waals surface area contributed by atoms with Crippen LogP contribution in [-0.2, 0) is 6.54 Å². The van der Waals surface area contributed by atoms with Crippen molar-refractivity contribution in [3.05, 3.63) is 16.4 Å². The van der Waals surface area contributed by atoms with Gasteiger partial charge in [-0.3, -0.25) is 9.48 Å². The van der Waals surface area contributed by atoms with Crippen LogP contribution < -0.4 is 5.73 Å². The van der Waals surface area contributed by atoms with Gasteiger partial charge in [-0.1, -0.05) is 11.6 Å². The van der Waals surface area contributed by atoms with Crippen molar-refractivity contribution in [2.45, 2.75) is 39.3 Å². The second-order valence-electron chi connectivity index (χ2n) is 4.70. The van der Waals surface area contributed by atoms with E-state index in [1.807, 2.05) is 18.7 Å². The summed E-state index contributed by atoms with van der Waals surface area (Å²) in [6.07, 6.45) is 1.70.